The second kappa shape index (κ2) is 6.28. The van der Waals surface area contributed by atoms with Crippen LogP contribution in [-0.4, -0.2) is 15.7 Å². The Bertz CT molecular complexity index is 829. The Morgan fingerprint density at radius 3 is 2.91 bits per heavy atom. The first-order valence-corrected chi connectivity index (χ1v) is 8.36. The molecule has 1 unspecified atom stereocenters. The van der Waals surface area contributed by atoms with Gasteiger partial charge >= 0.3 is 0 Å². The largest absolute Gasteiger partial charge is 0.326 e. The van der Waals surface area contributed by atoms with Crippen LogP contribution in [0.2, 0.25) is 0 Å². The third-order valence-electron chi connectivity index (χ3n) is 4.25. The SMILES string of the molecule is Cc1cc(NC(=O)C2CCc3nn(C)c(=O)cc3C2)ccc1Br. The summed E-state index contributed by atoms with van der Waals surface area (Å²) in [7, 11) is 1.65. The van der Waals surface area contributed by atoms with Crippen LogP contribution in [0.25, 0.3) is 0 Å². The molecule has 0 bridgehead atoms. The normalized spacial score (nSPS) is 16.7. The number of fused-ring (bicyclic) bond motifs is 1. The summed E-state index contributed by atoms with van der Waals surface area (Å²) in [6.45, 7) is 1.98. The molecule has 0 saturated carbocycles. The molecule has 0 aliphatic heterocycles. The Hall–Kier alpha value is -1.95. The van der Waals surface area contributed by atoms with E-state index >= 15 is 0 Å². The number of anilines is 1. The lowest BCUT2D eigenvalue weighted by Gasteiger charge is -2.23. The van der Waals surface area contributed by atoms with Crippen LogP contribution in [-0.2, 0) is 24.7 Å². The highest BCUT2D eigenvalue weighted by atomic mass is 79.9. The Morgan fingerprint density at radius 2 is 2.17 bits per heavy atom. The molecule has 1 N–H and O–H groups in total. The van der Waals surface area contributed by atoms with Crippen molar-refractivity contribution in [2.45, 2.75) is 26.2 Å². The summed E-state index contributed by atoms with van der Waals surface area (Å²) in [4.78, 5) is 24.2. The zero-order chi connectivity index (χ0) is 16.6. The number of nitrogens with zero attached hydrogens (tertiary/aromatic N) is 2. The maximum atomic E-state index is 12.5. The van der Waals surface area contributed by atoms with E-state index in [2.05, 4.69) is 26.3 Å². The van der Waals surface area contributed by atoms with Gasteiger partial charge < -0.3 is 5.32 Å². The fraction of sp³-hybridized carbons (Fsp3) is 0.353. The van der Waals surface area contributed by atoms with Crippen molar-refractivity contribution >= 4 is 27.5 Å². The molecule has 1 aliphatic carbocycles. The summed E-state index contributed by atoms with van der Waals surface area (Å²) in [5.41, 5.74) is 3.56. The van der Waals surface area contributed by atoms with E-state index in [0.717, 1.165) is 39.8 Å². The van der Waals surface area contributed by atoms with Crippen molar-refractivity contribution in [3.8, 4) is 0 Å². The average molecular weight is 376 g/mol. The average Bonchev–Trinajstić information content (AvgIpc) is 2.51. The van der Waals surface area contributed by atoms with Crippen molar-refractivity contribution < 1.29 is 4.79 Å². The summed E-state index contributed by atoms with van der Waals surface area (Å²) in [6, 6.07) is 7.35. The molecule has 1 aromatic carbocycles. The molecule has 2 aromatic rings. The molecule has 0 saturated heterocycles. The zero-order valence-corrected chi connectivity index (χ0v) is 14.7. The van der Waals surface area contributed by atoms with E-state index < -0.39 is 0 Å². The third kappa shape index (κ3) is 3.37. The number of benzene rings is 1. The number of carbonyl (C=O) groups is 1. The predicted octanol–water partition coefficient (Wildman–Crippen LogP) is 2.59. The summed E-state index contributed by atoms with van der Waals surface area (Å²) < 4.78 is 2.37. The number of carbonyl (C=O) groups excluding carboxylic acids is 1. The molecular formula is C17H18BrN3O2. The molecule has 0 radical (unpaired) electrons. The minimum Gasteiger partial charge on any atom is -0.326 e. The molecule has 5 nitrogen and oxygen atoms in total. The van der Waals surface area contributed by atoms with E-state index in [1.54, 1.807) is 13.1 Å². The number of halogens is 1. The van der Waals surface area contributed by atoms with Crippen molar-refractivity contribution in [3.05, 3.63) is 55.9 Å². The molecule has 6 heteroatoms. The van der Waals surface area contributed by atoms with Gasteiger partial charge in [0.25, 0.3) is 5.56 Å². The van der Waals surface area contributed by atoms with Crippen molar-refractivity contribution in [1.29, 1.82) is 0 Å². The van der Waals surface area contributed by atoms with Gasteiger partial charge in [-0.25, -0.2) is 4.68 Å². The Kier molecular flexibility index (Phi) is 4.35. The van der Waals surface area contributed by atoms with Crippen molar-refractivity contribution in [1.82, 2.24) is 9.78 Å². The molecule has 120 valence electrons. The monoisotopic (exact) mass is 375 g/mol. The van der Waals surface area contributed by atoms with Crippen LogP contribution in [0.3, 0.4) is 0 Å². The zero-order valence-electron chi connectivity index (χ0n) is 13.1. The summed E-state index contributed by atoms with van der Waals surface area (Å²) in [5, 5.41) is 7.25. The van der Waals surface area contributed by atoms with Crippen LogP contribution in [0.1, 0.15) is 23.2 Å². The van der Waals surface area contributed by atoms with Gasteiger partial charge in [-0.3, -0.25) is 9.59 Å². The van der Waals surface area contributed by atoms with Gasteiger partial charge in [0.05, 0.1) is 5.69 Å². The molecule has 23 heavy (non-hydrogen) atoms. The van der Waals surface area contributed by atoms with Crippen LogP contribution in [0.15, 0.2) is 33.5 Å². The Labute approximate surface area is 142 Å². The van der Waals surface area contributed by atoms with Crippen LogP contribution < -0.4 is 10.9 Å². The van der Waals surface area contributed by atoms with Gasteiger partial charge in [-0.2, -0.15) is 5.10 Å². The van der Waals surface area contributed by atoms with Crippen LogP contribution >= 0.6 is 15.9 Å². The standard InChI is InChI=1S/C17H18BrN3O2/c1-10-7-13(4-5-14(10)18)19-17(23)11-3-6-15-12(8-11)9-16(22)21(2)20-15/h4-5,7,9,11H,3,6,8H2,1-2H3,(H,19,23). The van der Waals surface area contributed by atoms with E-state index in [0.29, 0.717) is 6.42 Å². The van der Waals surface area contributed by atoms with E-state index in [4.69, 9.17) is 0 Å². The molecule has 0 spiro atoms. The second-order valence-corrected chi connectivity index (χ2v) is 6.83. The van der Waals surface area contributed by atoms with Gasteiger partial charge in [0.1, 0.15) is 0 Å². The smallest absolute Gasteiger partial charge is 0.266 e. The summed E-state index contributed by atoms with van der Waals surface area (Å²) >= 11 is 3.45. The maximum Gasteiger partial charge on any atom is 0.266 e. The van der Waals surface area contributed by atoms with E-state index in [9.17, 15) is 9.59 Å². The predicted molar refractivity (Wildman–Crippen MR) is 92.5 cm³/mol. The Morgan fingerprint density at radius 1 is 1.39 bits per heavy atom. The van der Waals surface area contributed by atoms with Gasteiger partial charge in [-0.1, -0.05) is 15.9 Å². The molecule has 0 fully saturated rings. The van der Waals surface area contributed by atoms with Gasteiger partial charge in [0.2, 0.25) is 5.91 Å². The van der Waals surface area contributed by atoms with E-state index in [1.807, 2.05) is 25.1 Å². The first-order chi connectivity index (χ1) is 10.9. The van der Waals surface area contributed by atoms with E-state index in [1.165, 1.54) is 4.68 Å². The highest BCUT2D eigenvalue weighted by molar-refractivity contribution is 9.10. The van der Waals surface area contributed by atoms with Crippen molar-refractivity contribution in [2.24, 2.45) is 13.0 Å². The number of amides is 1. The quantitative estimate of drug-likeness (QED) is 0.877. The topological polar surface area (TPSA) is 64.0 Å². The van der Waals surface area contributed by atoms with Crippen LogP contribution in [0.5, 0.6) is 0 Å². The molecule has 1 aromatic heterocycles. The van der Waals surface area contributed by atoms with Gasteiger partial charge in [-0.15, -0.1) is 0 Å². The number of aromatic nitrogens is 2. The minimum atomic E-state index is -0.131. The molecule has 1 aliphatic rings. The van der Waals surface area contributed by atoms with Crippen LogP contribution in [0, 0.1) is 12.8 Å². The minimum absolute atomic E-state index is 0.00181. The number of nitrogens with one attached hydrogen (secondary N) is 1. The lowest BCUT2D eigenvalue weighted by atomic mass is 9.86. The lowest BCUT2D eigenvalue weighted by molar-refractivity contribution is -0.120. The van der Waals surface area contributed by atoms with Gasteiger partial charge in [-0.05, 0) is 55.5 Å². The number of aryl methyl sites for hydroxylation is 3. The van der Waals surface area contributed by atoms with E-state index in [-0.39, 0.29) is 17.4 Å². The van der Waals surface area contributed by atoms with Crippen molar-refractivity contribution in [2.75, 3.05) is 5.32 Å². The van der Waals surface area contributed by atoms with Crippen molar-refractivity contribution in [3.63, 3.8) is 0 Å². The highest BCUT2D eigenvalue weighted by Gasteiger charge is 2.26. The summed E-state index contributed by atoms with van der Waals surface area (Å²) in [5.74, 6) is -0.126. The van der Waals surface area contributed by atoms with Gasteiger partial charge in [0, 0.05) is 29.2 Å². The first kappa shape index (κ1) is 15.9. The molecule has 1 amide bonds. The molecular weight excluding hydrogens is 358 g/mol. The molecule has 3 rings (SSSR count). The lowest BCUT2D eigenvalue weighted by Crippen LogP contribution is -2.31. The fourth-order valence-electron chi connectivity index (χ4n) is 2.88. The number of hydrogen-bond acceptors (Lipinski definition) is 3. The molecule has 1 atom stereocenters. The summed E-state index contributed by atoms with van der Waals surface area (Å²) in [6.07, 6.45) is 2.04. The van der Waals surface area contributed by atoms with Crippen LogP contribution in [0.4, 0.5) is 5.69 Å². The maximum absolute atomic E-state index is 12.5. The highest BCUT2D eigenvalue weighted by Crippen LogP contribution is 2.25. The Balaban J connectivity index is 1.75. The number of hydrogen-bond donors (Lipinski definition) is 1. The first-order valence-electron chi connectivity index (χ1n) is 7.57. The van der Waals surface area contributed by atoms with Gasteiger partial charge in [0.15, 0.2) is 0 Å². The molecule has 1 heterocycles. The fourth-order valence-corrected chi connectivity index (χ4v) is 3.12. The third-order valence-corrected chi connectivity index (χ3v) is 5.14. The number of rotatable bonds is 2. The second-order valence-electron chi connectivity index (χ2n) is 5.97.